The van der Waals surface area contributed by atoms with Gasteiger partial charge >= 0.3 is 5.97 Å². The number of carboxylic acids is 1. The van der Waals surface area contributed by atoms with Gasteiger partial charge in [0.05, 0.1) is 32.8 Å². The summed E-state index contributed by atoms with van der Waals surface area (Å²) in [4.78, 5) is 10.0. The summed E-state index contributed by atoms with van der Waals surface area (Å²) in [5.74, 6) is -0.849. The monoisotopic (exact) mass is 177 g/mol. The lowest BCUT2D eigenvalue weighted by Crippen LogP contribution is -2.13. The Hall–Kier alpha value is -0.650. The van der Waals surface area contributed by atoms with Crippen molar-refractivity contribution in [1.82, 2.24) is 0 Å². The molecule has 0 fully saturated rings. The maximum Gasteiger partial charge on any atom is 0.305 e. The van der Waals surface area contributed by atoms with E-state index in [0.29, 0.717) is 26.4 Å². The van der Waals surface area contributed by atoms with Gasteiger partial charge in [0, 0.05) is 6.54 Å². The molecular weight excluding hydrogens is 162 g/mol. The summed E-state index contributed by atoms with van der Waals surface area (Å²) >= 11 is 0. The molecule has 0 heterocycles. The van der Waals surface area contributed by atoms with Crippen LogP contribution in [0.5, 0.6) is 0 Å². The fourth-order valence-electron chi connectivity index (χ4n) is 0.565. The average molecular weight is 177 g/mol. The molecule has 0 aliphatic heterocycles. The first-order chi connectivity index (χ1) is 5.77. The van der Waals surface area contributed by atoms with Crippen LogP contribution in [0.4, 0.5) is 0 Å². The van der Waals surface area contributed by atoms with Gasteiger partial charge in [-0.1, -0.05) is 0 Å². The van der Waals surface area contributed by atoms with Crippen molar-refractivity contribution >= 4 is 5.97 Å². The molecule has 72 valence electrons. The minimum absolute atomic E-state index is 0.0386. The van der Waals surface area contributed by atoms with Crippen LogP contribution in [-0.4, -0.2) is 44.0 Å². The highest BCUT2D eigenvalue weighted by Gasteiger charge is 1.95. The third kappa shape index (κ3) is 9.35. The largest absolute Gasteiger partial charge is 0.481 e. The number of hydrogen-bond donors (Lipinski definition) is 2. The molecule has 0 aromatic carbocycles. The van der Waals surface area contributed by atoms with E-state index in [9.17, 15) is 4.79 Å². The molecule has 0 radical (unpaired) electrons. The topological polar surface area (TPSA) is 81.8 Å². The molecule has 0 saturated heterocycles. The van der Waals surface area contributed by atoms with E-state index in [1.165, 1.54) is 0 Å². The fraction of sp³-hybridized carbons (Fsp3) is 0.857. The predicted molar refractivity (Wildman–Crippen MR) is 42.9 cm³/mol. The zero-order chi connectivity index (χ0) is 9.23. The first-order valence-corrected chi connectivity index (χ1v) is 3.84. The van der Waals surface area contributed by atoms with Gasteiger partial charge in [0.25, 0.3) is 0 Å². The van der Waals surface area contributed by atoms with Gasteiger partial charge < -0.3 is 20.3 Å². The molecule has 0 saturated carbocycles. The molecule has 0 aromatic rings. The number of ether oxygens (including phenoxy) is 2. The SMILES string of the molecule is NCCOCCOCCC(=O)O. The summed E-state index contributed by atoms with van der Waals surface area (Å²) in [7, 11) is 0. The Kier molecular flexibility index (Phi) is 7.99. The average Bonchev–Trinajstić information content (AvgIpc) is 2.02. The summed E-state index contributed by atoms with van der Waals surface area (Å²) in [5, 5.41) is 8.23. The van der Waals surface area contributed by atoms with Gasteiger partial charge in [0.2, 0.25) is 0 Å². The van der Waals surface area contributed by atoms with E-state index in [1.54, 1.807) is 0 Å². The fourth-order valence-corrected chi connectivity index (χ4v) is 0.565. The van der Waals surface area contributed by atoms with Crippen molar-refractivity contribution in [2.45, 2.75) is 6.42 Å². The van der Waals surface area contributed by atoms with Crippen molar-refractivity contribution in [3.8, 4) is 0 Å². The number of hydrogen-bond acceptors (Lipinski definition) is 4. The molecule has 0 aliphatic rings. The molecule has 0 aromatic heterocycles. The second-order valence-corrected chi connectivity index (χ2v) is 2.16. The lowest BCUT2D eigenvalue weighted by Gasteiger charge is -2.02. The van der Waals surface area contributed by atoms with Crippen molar-refractivity contribution in [2.75, 3.05) is 33.0 Å². The lowest BCUT2D eigenvalue weighted by molar-refractivity contribution is -0.138. The molecule has 12 heavy (non-hydrogen) atoms. The van der Waals surface area contributed by atoms with Gasteiger partial charge in [-0.05, 0) is 0 Å². The van der Waals surface area contributed by atoms with Gasteiger partial charge in [-0.25, -0.2) is 0 Å². The highest BCUT2D eigenvalue weighted by Crippen LogP contribution is 1.83. The van der Waals surface area contributed by atoms with E-state index in [0.717, 1.165) is 0 Å². The standard InChI is InChI=1S/C7H15NO4/c8-2-4-12-6-5-11-3-1-7(9)10/h1-6,8H2,(H,9,10). The van der Waals surface area contributed by atoms with Crippen LogP contribution in [0.3, 0.4) is 0 Å². The zero-order valence-corrected chi connectivity index (χ0v) is 6.99. The summed E-state index contributed by atoms with van der Waals surface area (Å²) in [6.45, 7) is 2.14. The molecule has 5 heteroatoms. The third-order valence-corrected chi connectivity index (χ3v) is 1.09. The number of rotatable bonds is 8. The Morgan fingerprint density at radius 2 is 1.75 bits per heavy atom. The van der Waals surface area contributed by atoms with E-state index < -0.39 is 5.97 Å². The van der Waals surface area contributed by atoms with Gasteiger partial charge in [0.1, 0.15) is 0 Å². The zero-order valence-electron chi connectivity index (χ0n) is 6.99. The van der Waals surface area contributed by atoms with E-state index in [1.807, 2.05) is 0 Å². The maximum atomic E-state index is 10.0. The van der Waals surface area contributed by atoms with E-state index >= 15 is 0 Å². The Morgan fingerprint density at radius 3 is 2.25 bits per heavy atom. The predicted octanol–water partition coefficient (Wildman–Crippen LogP) is -0.547. The molecule has 0 amide bonds. The van der Waals surface area contributed by atoms with Gasteiger partial charge in [-0.15, -0.1) is 0 Å². The molecule has 0 bridgehead atoms. The minimum Gasteiger partial charge on any atom is -0.481 e. The summed E-state index contributed by atoms with van der Waals surface area (Å²) in [6.07, 6.45) is 0.0386. The van der Waals surface area contributed by atoms with Gasteiger partial charge in [0.15, 0.2) is 0 Å². The second-order valence-electron chi connectivity index (χ2n) is 2.16. The molecule has 0 rings (SSSR count). The number of carbonyl (C=O) groups is 1. The van der Waals surface area contributed by atoms with Crippen LogP contribution >= 0.6 is 0 Å². The lowest BCUT2D eigenvalue weighted by atomic mass is 10.5. The van der Waals surface area contributed by atoms with Crippen LogP contribution in [0.25, 0.3) is 0 Å². The van der Waals surface area contributed by atoms with Crippen molar-refractivity contribution in [3.05, 3.63) is 0 Å². The van der Waals surface area contributed by atoms with Crippen molar-refractivity contribution < 1.29 is 19.4 Å². The van der Waals surface area contributed by atoms with Crippen molar-refractivity contribution in [3.63, 3.8) is 0 Å². The Bertz CT molecular complexity index is 118. The molecule has 0 spiro atoms. The number of aliphatic carboxylic acids is 1. The first-order valence-electron chi connectivity index (χ1n) is 3.84. The first kappa shape index (κ1) is 11.4. The van der Waals surface area contributed by atoms with E-state index in [2.05, 4.69) is 0 Å². The molecular formula is C7H15NO4. The molecule has 3 N–H and O–H groups in total. The minimum atomic E-state index is -0.849. The number of nitrogens with two attached hydrogens (primary N) is 1. The second kappa shape index (κ2) is 8.45. The quantitative estimate of drug-likeness (QED) is 0.486. The summed E-state index contributed by atoms with van der Waals surface area (Å²) in [5.41, 5.74) is 5.17. The Morgan fingerprint density at radius 1 is 1.17 bits per heavy atom. The van der Waals surface area contributed by atoms with Crippen molar-refractivity contribution in [2.24, 2.45) is 5.73 Å². The third-order valence-electron chi connectivity index (χ3n) is 1.09. The van der Waals surface area contributed by atoms with Crippen LogP contribution in [0, 0.1) is 0 Å². The van der Waals surface area contributed by atoms with Crippen LogP contribution in [0.15, 0.2) is 0 Å². The highest BCUT2D eigenvalue weighted by atomic mass is 16.5. The highest BCUT2D eigenvalue weighted by molar-refractivity contribution is 5.66. The van der Waals surface area contributed by atoms with E-state index in [4.69, 9.17) is 20.3 Å². The molecule has 0 aliphatic carbocycles. The summed E-state index contributed by atoms with van der Waals surface area (Å²) in [6, 6.07) is 0. The van der Waals surface area contributed by atoms with Crippen LogP contribution in [0.2, 0.25) is 0 Å². The number of carboxylic acid groups (broad SMARTS) is 1. The maximum absolute atomic E-state index is 10.0. The van der Waals surface area contributed by atoms with Crippen LogP contribution in [-0.2, 0) is 14.3 Å². The normalized spacial score (nSPS) is 10.1. The van der Waals surface area contributed by atoms with E-state index in [-0.39, 0.29) is 13.0 Å². The van der Waals surface area contributed by atoms with Crippen LogP contribution in [0.1, 0.15) is 6.42 Å². The van der Waals surface area contributed by atoms with Gasteiger partial charge in [-0.3, -0.25) is 4.79 Å². The molecule has 0 unspecified atom stereocenters. The smallest absolute Gasteiger partial charge is 0.305 e. The Balaban J connectivity index is 2.86. The summed E-state index contributed by atoms with van der Waals surface area (Å²) < 4.78 is 9.94. The van der Waals surface area contributed by atoms with Crippen molar-refractivity contribution in [1.29, 1.82) is 0 Å². The Labute approximate surface area is 71.5 Å². The van der Waals surface area contributed by atoms with Gasteiger partial charge in [-0.2, -0.15) is 0 Å². The molecule has 0 atom stereocenters. The molecule has 5 nitrogen and oxygen atoms in total. The van der Waals surface area contributed by atoms with Crippen LogP contribution < -0.4 is 5.73 Å².